The molecule has 0 N–H and O–H groups in total. The molecule has 0 amide bonds. The molecule has 0 spiro atoms. The topological polar surface area (TPSA) is 6.48 Å². The molecule has 4 heteroatoms. The number of rotatable bonds is 4. The Bertz CT molecular complexity index is 619. The maximum atomic E-state index is 4.50. The zero-order chi connectivity index (χ0) is 17.2. The highest BCUT2D eigenvalue weighted by Crippen LogP contribution is 2.92. The van der Waals surface area contributed by atoms with Gasteiger partial charge in [-0.2, -0.15) is 0 Å². The van der Waals surface area contributed by atoms with Crippen molar-refractivity contribution in [2.75, 3.05) is 6.16 Å². The van der Waals surface area contributed by atoms with Crippen molar-refractivity contribution in [2.45, 2.75) is 65.4 Å². The van der Waals surface area contributed by atoms with Gasteiger partial charge < -0.3 is 0 Å². The quantitative estimate of drug-likeness (QED) is 0.537. The number of hydrogen-bond acceptors (Lipinski definition) is 2. The van der Waals surface area contributed by atoms with Gasteiger partial charge in [-0.05, 0) is 60.6 Å². The SMILES string of the molecule is C=C(C)[P+]1(C(C)C)C=C2C=CC=C3C[P+](C(C)C)(C(C)C)N1N23. The van der Waals surface area contributed by atoms with E-state index < -0.39 is 14.8 Å². The maximum absolute atomic E-state index is 4.50. The number of hydrogen-bond donors (Lipinski definition) is 0. The lowest BCUT2D eigenvalue weighted by atomic mass is 10.2. The lowest BCUT2D eigenvalue weighted by molar-refractivity contribution is 0.295. The van der Waals surface area contributed by atoms with E-state index in [1.54, 1.807) is 0 Å². The Kier molecular flexibility index (Phi) is 4.20. The van der Waals surface area contributed by atoms with Crippen LogP contribution in [0.3, 0.4) is 0 Å². The lowest BCUT2D eigenvalue weighted by Gasteiger charge is -2.41. The largest absolute Gasteiger partial charge is 0.209 e. The Hall–Kier alpha value is -0.420. The van der Waals surface area contributed by atoms with Crippen LogP contribution in [0.15, 0.2) is 47.3 Å². The van der Waals surface area contributed by atoms with E-state index in [-0.39, 0.29) is 0 Å². The molecule has 3 aliphatic rings. The van der Waals surface area contributed by atoms with Crippen LogP contribution in [0.25, 0.3) is 0 Å². The number of hydrazine groups is 1. The zero-order valence-electron chi connectivity index (χ0n) is 15.7. The fourth-order valence-electron chi connectivity index (χ4n) is 4.60. The molecule has 0 aliphatic carbocycles. The van der Waals surface area contributed by atoms with E-state index in [9.17, 15) is 0 Å². The highest BCUT2D eigenvalue weighted by molar-refractivity contribution is 7.92. The van der Waals surface area contributed by atoms with Gasteiger partial charge in [-0.3, -0.25) is 0 Å². The van der Waals surface area contributed by atoms with Crippen molar-refractivity contribution in [3.8, 4) is 0 Å². The van der Waals surface area contributed by atoms with Crippen LogP contribution < -0.4 is 0 Å². The molecule has 3 rings (SSSR count). The van der Waals surface area contributed by atoms with Gasteiger partial charge in [0, 0.05) is 4.55 Å². The van der Waals surface area contributed by atoms with Crippen LogP contribution >= 0.6 is 14.8 Å². The summed E-state index contributed by atoms with van der Waals surface area (Å²) < 4.78 is 2.92. The van der Waals surface area contributed by atoms with Crippen LogP contribution in [-0.2, 0) is 0 Å². The molecule has 3 heterocycles. The molecule has 0 bridgehead atoms. The van der Waals surface area contributed by atoms with Crippen LogP contribution in [-0.4, -0.2) is 32.7 Å². The second-order valence-corrected chi connectivity index (χ2v) is 16.7. The number of allylic oxidation sites excluding steroid dienone is 5. The number of nitrogens with zero attached hydrogens (tertiary/aromatic N) is 2. The molecule has 23 heavy (non-hydrogen) atoms. The molecule has 3 aliphatic heterocycles. The second kappa shape index (κ2) is 5.55. The summed E-state index contributed by atoms with van der Waals surface area (Å²) in [5.74, 6) is 2.60. The third-order valence-electron chi connectivity index (χ3n) is 5.81. The van der Waals surface area contributed by atoms with Crippen LogP contribution in [0.4, 0.5) is 0 Å². The lowest BCUT2D eigenvalue weighted by Crippen LogP contribution is -2.36. The first-order valence-corrected chi connectivity index (χ1v) is 12.8. The van der Waals surface area contributed by atoms with Crippen molar-refractivity contribution in [1.82, 2.24) is 9.56 Å². The van der Waals surface area contributed by atoms with E-state index in [1.165, 1.54) is 22.9 Å². The third kappa shape index (κ3) is 2.05. The van der Waals surface area contributed by atoms with Crippen molar-refractivity contribution >= 4 is 14.8 Å². The fraction of sp³-hybridized carbons (Fsp3) is 0.579. The molecule has 0 radical (unpaired) electrons. The molecular formula is C19H32N2P2+2. The average Bonchev–Trinajstić information content (AvgIpc) is 2.99. The summed E-state index contributed by atoms with van der Waals surface area (Å²) in [4.78, 5) is 0. The van der Waals surface area contributed by atoms with Gasteiger partial charge in [-0.15, -0.1) is 0 Å². The van der Waals surface area contributed by atoms with E-state index in [4.69, 9.17) is 0 Å². The van der Waals surface area contributed by atoms with Crippen molar-refractivity contribution in [3.63, 3.8) is 0 Å². The van der Waals surface area contributed by atoms with Crippen molar-refractivity contribution in [2.24, 2.45) is 0 Å². The first-order valence-electron chi connectivity index (χ1n) is 8.82. The van der Waals surface area contributed by atoms with Gasteiger partial charge in [-0.1, -0.05) is 12.7 Å². The molecule has 2 nitrogen and oxygen atoms in total. The summed E-state index contributed by atoms with van der Waals surface area (Å²) in [7, 11) is -2.84. The first-order chi connectivity index (χ1) is 10.7. The van der Waals surface area contributed by atoms with E-state index in [1.807, 2.05) is 0 Å². The molecule has 0 aromatic rings. The van der Waals surface area contributed by atoms with Gasteiger partial charge in [0.2, 0.25) is 7.41 Å². The molecule has 1 atom stereocenters. The minimum Gasteiger partial charge on any atom is -0.209 e. The van der Waals surface area contributed by atoms with Gasteiger partial charge in [0.05, 0.1) is 28.0 Å². The molecule has 0 aromatic heterocycles. The summed E-state index contributed by atoms with van der Waals surface area (Å²) in [6.07, 6.45) is 8.14. The van der Waals surface area contributed by atoms with Crippen LogP contribution in [0.2, 0.25) is 0 Å². The molecule has 1 saturated heterocycles. The van der Waals surface area contributed by atoms with Crippen LogP contribution in [0.1, 0.15) is 48.5 Å². The molecule has 1 fully saturated rings. The highest BCUT2D eigenvalue weighted by atomic mass is 31.2. The predicted molar refractivity (Wildman–Crippen MR) is 108 cm³/mol. The average molecular weight is 350 g/mol. The van der Waals surface area contributed by atoms with E-state index >= 15 is 0 Å². The van der Waals surface area contributed by atoms with Crippen LogP contribution in [0.5, 0.6) is 0 Å². The summed E-state index contributed by atoms with van der Waals surface area (Å²) in [5.41, 5.74) is 4.94. The smallest absolute Gasteiger partial charge is 0.203 e. The van der Waals surface area contributed by atoms with E-state index in [2.05, 4.69) is 88.6 Å². The van der Waals surface area contributed by atoms with Crippen molar-refractivity contribution in [1.29, 1.82) is 0 Å². The van der Waals surface area contributed by atoms with Gasteiger partial charge in [0.15, 0.2) is 7.41 Å². The standard InChI is InChI=1S/C19H32N2P2/c1-14(2)22(15(3)4)12-18-10-9-11-19-13-23(16(5)6,17(7)8)21(22)20(18)19/h9-12,15-17H,1,13H2,2-8H3/q+2. The summed E-state index contributed by atoms with van der Waals surface area (Å²) in [6, 6.07) is 0. The molecule has 1 unspecified atom stereocenters. The summed E-state index contributed by atoms with van der Waals surface area (Å²) in [6.45, 7) is 21.4. The van der Waals surface area contributed by atoms with Gasteiger partial charge in [0.25, 0.3) is 0 Å². The zero-order valence-corrected chi connectivity index (χ0v) is 17.5. The highest BCUT2D eigenvalue weighted by Gasteiger charge is 2.75. The molecule has 126 valence electrons. The first kappa shape index (κ1) is 17.4. The fourth-order valence-corrected chi connectivity index (χ4v) is 17.0. The predicted octanol–water partition coefficient (Wildman–Crippen LogP) is 6.45. The van der Waals surface area contributed by atoms with Gasteiger partial charge >= 0.3 is 0 Å². The third-order valence-corrected chi connectivity index (χ3v) is 17.2. The maximum Gasteiger partial charge on any atom is 0.203 e. The van der Waals surface area contributed by atoms with Gasteiger partial charge in [0.1, 0.15) is 17.7 Å². The second-order valence-electron chi connectivity index (χ2n) is 7.95. The molecular weight excluding hydrogens is 318 g/mol. The summed E-state index contributed by atoms with van der Waals surface area (Å²) >= 11 is 0. The van der Waals surface area contributed by atoms with E-state index in [0.29, 0.717) is 17.0 Å². The Balaban J connectivity index is 2.30. The minimum atomic E-state index is -1.53. The Labute approximate surface area is 143 Å². The molecule has 0 saturated carbocycles. The van der Waals surface area contributed by atoms with Crippen LogP contribution in [0, 0.1) is 0 Å². The normalized spacial score (nSPS) is 28.7. The van der Waals surface area contributed by atoms with Crippen molar-refractivity contribution in [3.05, 3.63) is 47.3 Å². The minimum absolute atomic E-state index is 0.614. The molecule has 0 aromatic carbocycles. The summed E-state index contributed by atoms with van der Waals surface area (Å²) in [5, 5.41) is 3.98. The van der Waals surface area contributed by atoms with Gasteiger partial charge in [-0.25, -0.2) is 5.01 Å². The monoisotopic (exact) mass is 350 g/mol. The van der Waals surface area contributed by atoms with E-state index in [0.717, 1.165) is 0 Å². The Morgan fingerprint density at radius 3 is 2.17 bits per heavy atom. The Morgan fingerprint density at radius 2 is 1.70 bits per heavy atom. The Morgan fingerprint density at radius 1 is 1.09 bits per heavy atom. The van der Waals surface area contributed by atoms with Crippen molar-refractivity contribution < 1.29 is 0 Å².